The molecule has 1 aromatic carbocycles. The van der Waals surface area contributed by atoms with Gasteiger partial charge in [0.1, 0.15) is 0 Å². The fraction of sp³-hybridized carbons (Fsp3) is 0.429. The minimum atomic E-state index is -0.212. The Morgan fingerprint density at radius 1 is 0.950 bits per heavy atom. The van der Waals surface area contributed by atoms with Crippen LogP contribution in [0.15, 0.2) is 24.3 Å². The second-order valence-corrected chi connectivity index (χ2v) is 7.99. The highest BCUT2D eigenvalue weighted by Crippen LogP contribution is 2.44. The molecule has 0 bridgehead atoms. The zero-order valence-electron chi connectivity index (χ0n) is 10.4. The van der Waals surface area contributed by atoms with Gasteiger partial charge in [-0.1, -0.05) is 43.5 Å². The Balaban J connectivity index is 1.93. The number of alkyl halides is 2. The number of hydrogen-bond donors (Lipinski definition) is 0. The average molecular weight is 422 g/mol. The van der Waals surface area contributed by atoms with Crippen molar-refractivity contribution < 1.29 is 9.59 Å². The van der Waals surface area contributed by atoms with Crippen molar-refractivity contribution in [2.75, 3.05) is 4.90 Å². The lowest BCUT2D eigenvalue weighted by atomic mass is 9.81. The Hall–Kier alpha value is -0.390. The largest absolute Gasteiger partial charge is 0.274 e. The number of halogens is 3. The Bertz CT molecular complexity index is 535. The van der Waals surface area contributed by atoms with Crippen LogP contribution in [0.1, 0.15) is 12.8 Å². The van der Waals surface area contributed by atoms with E-state index in [4.69, 9.17) is 11.6 Å². The van der Waals surface area contributed by atoms with Crippen LogP contribution in [0.3, 0.4) is 0 Å². The van der Waals surface area contributed by atoms with Crippen LogP contribution >= 0.6 is 43.5 Å². The number of anilines is 1. The third-order valence-corrected chi connectivity index (χ3v) is 6.98. The first-order valence-electron chi connectivity index (χ1n) is 6.40. The molecule has 106 valence electrons. The molecule has 1 saturated heterocycles. The van der Waals surface area contributed by atoms with Crippen molar-refractivity contribution in [1.29, 1.82) is 0 Å². The summed E-state index contributed by atoms with van der Waals surface area (Å²) >= 11 is 13.0. The zero-order valence-corrected chi connectivity index (χ0v) is 14.4. The van der Waals surface area contributed by atoms with E-state index in [1.807, 2.05) is 0 Å². The first-order chi connectivity index (χ1) is 9.49. The van der Waals surface area contributed by atoms with Gasteiger partial charge in [-0.15, -0.1) is 0 Å². The average Bonchev–Trinajstić information content (AvgIpc) is 2.65. The molecule has 0 radical (unpaired) electrons. The van der Waals surface area contributed by atoms with Crippen LogP contribution in [-0.2, 0) is 9.59 Å². The van der Waals surface area contributed by atoms with Crippen molar-refractivity contribution in [1.82, 2.24) is 0 Å². The second kappa shape index (κ2) is 5.43. The highest BCUT2D eigenvalue weighted by atomic mass is 79.9. The number of carbonyl (C=O) groups excluding carboxylic acids is 2. The summed E-state index contributed by atoms with van der Waals surface area (Å²) in [6.45, 7) is 0. The van der Waals surface area contributed by atoms with E-state index >= 15 is 0 Å². The van der Waals surface area contributed by atoms with Crippen LogP contribution in [0.2, 0.25) is 5.02 Å². The van der Waals surface area contributed by atoms with Crippen molar-refractivity contribution in [2.24, 2.45) is 11.8 Å². The quantitative estimate of drug-likeness (QED) is 0.511. The summed E-state index contributed by atoms with van der Waals surface area (Å²) in [5.41, 5.74) is 0.607. The highest BCUT2D eigenvalue weighted by molar-refractivity contribution is 9.12. The minimum Gasteiger partial charge on any atom is -0.274 e. The lowest BCUT2D eigenvalue weighted by molar-refractivity contribution is -0.122. The zero-order chi connectivity index (χ0) is 14.4. The van der Waals surface area contributed by atoms with Crippen molar-refractivity contribution in [2.45, 2.75) is 22.5 Å². The summed E-state index contributed by atoms with van der Waals surface area (Å²) in [4.78, 5) is 26.8. The molecule has 0 spiro atoms. The third kappa shape index (κ3) is 2.34. The summed E-state index contributed by atoms with van der Waals surface area (Å²) in [6, 6.07) is 6.82. The van der Waals surface area contributed by atoms with E-state index in [2.05, 4.69) is 31.9 Å². The summed E-state index contributed by atoms with van der Waals surface area (Å²) in [6.07, 6.45) is 1.38. The molecule has 4 unspecified atom stereocenters. The number of rotatable bonds is 1. The SMILES string of the molecule is O=C1C2CC(Br)C(Br)CC2C(=O)N1c1ccc(Cl)cc1. The standard InChI is InChI=1S/C14H12Br2ClNO2/c15-11-5-9-10(6-12(11)16)14(20)18(13(9)19)8-3-1-7(17)2-4-8/h1-4,9-12H,5-6H2. The second-order valence-electron chi connectivity index (χ2n) is 5.20. The Morgan fingerprint density at radius 2 is 1.40 bits per heavy atom. The van der Waals surface area contributed by atoms with E-state index < -0.39 is 0 Å². The molecule has 1 saturated carbocycles. The Morgan fingerprint density at radius 3 is 1.85 bits per heavy atom. The maximum Gasteiger partial charge on any atom is 0.237 e. The van der Waals surface area contributed by atoms with E-state index in [1.165, 1.54) is 4.90 Å². The molecule has 2 fully saturated rings. The monoisotopic (exact) mass is 419 g/mol. The first kappa shape index (κ1) is 14.5. The molecule has 2 aliphatic rings. The van der Waals surface area contributed by atoms with Gasteiger partial charge < -0.3 is 0 Å². The van der Waals surface area contributed by atoms with Crippen molar-refractivity contribution >= 4 is 61.0 Å². The van der Waals surface area contributed by atoms with Crippen LogP contribution < -0.4 is 4.90 Å². The Kier molecular flexibility index (Phi) is 3.95. The van der Waals surface area contributed by atoms with Gasteiger partial charge in [-0.25, -0.2) is 0 Å². The van der Waals surface area contributed by atoms with E-state index in [9.17, 15) is 9.59 Å². The summed E-state index contributed by atoms with van der Waals surface area (Å²) in [5.74, 6) is -0.606. The molecular formula is C14H12Br2ClNO2. The summed E-state index contributed by atoms with van der Waals surface area (Å²) in [7, 11) is 0. The van der Waals surface area contributed by atoms with Crippen molar-refractivity contribution in [3.8, 4) is 0 Å². The molecule has 1 aliphatic carbocycles. The van der Waals surface area contributed by atoms with Crippen LogP contribution in [0, 0.1) is 11.8 Å². The minimum absolute atomic E-state index is 0.0915. The fourth-order valence-electron chi connectivity index (χ4n) is 2.94. The van der Waals surface area contributed by atoms with Gasteiger partial charge in [-0.05, 0) is 37.1 Å². The fourth-order valence-corrected chi connectivity index (χ4v) is 4.30. The lowest BCUT2D eigenvalue weighted by Crippen LogP contribution is -2.34. The molecule has 1 aliphatic heterocycles. The summed E-state index contributed by atoms with van der Waals surface area (Å²) in [5, 5.41) is 0.589. The molecule has 4 atom stereocenters. The predicted molar refractivity (Wildman–Crippen MR) is 85.6 cm³/mol. The van der Waals surface area contributed by atoms with Crippen LogP contribution in [0.4, 0.5) is 5.69 Å². The molecule has 3 rings (SSSR count). The molecule has 1 aromatic rings. The van der Waals surface area contributed by atoms with Gasteiger partial charge in [-0.3, -0.25) is 14.5 Å². The van der Waals surface area contributed by atoms with Crippen LogP contribution in [0.5, 0.6) is 0 Å². The number of carbonyl (C=O) groups is 2. The maximum atomic E-state index is 12.5. The topological polar surface area (TPSA) is 37.4 Å². The molecule has 1 heterocycles. The maximum absolute atomic E-state index is 12.5. The molecular weight excluding hydrogens is 409 g/mol. The molecule has 6 heteroatoms. The predicted octanol–water partition coefficient (Wildman–Crippen LogP) is 3.77. The molecule has 3 nitrogen and oxygen atoms in total. The molecule has 0 N–H and O–H groups in total. The lowest BCUT2D eigenvalue weighted by Gasteiger charge is -2.29. The first-order valence-corrected chi connectivity index (χ1v) is 8.61. The molecule has 0 aromatic heterocycles. The molecule has 20 heavy (non-hydrogen) atoms. The van der Waals surface area contributed by atoms with E-state index in [0.717, 1.165) is 0 Å². The number of nitrogens with zero attached hydrogens (tertiary/aromatic N) is 1. The van der Waals surface area contributed by atoms with Crippen LogP contribution in [0.25, 0.3) is 0 Å². The number of hydrogen-bond acceptors (Lipinski definition) is 2. The van der Waals surface area contributed by atoms with E-state index in [0.29, 0.717) is 23.6 Å². The van der Waals surface area contributed by atoms with Gasteiger partial charge in [0.15, 0.2) is 0 Å². The van der Waals surface area contributed by atoms with Gasteiger partial charge >= 0.3 is 0 Å². The van der Waals surface area contributed by atoms with E-state index in [-0.39, 0.29) is 33.3 Å². The Labute approximate surface area is 138 Å². The van der Waals surface area contributed by atoms with Crippen molar-refractivity contribution in [3.63, 3.8) is 0 Å². The number of amides is 2. The smallest absolute Gasteiger partial charge is 0.237 e. The normalized spacial score (nSPS) is 33.5. The van der Waals surface area contributed by atoms with Gasteiger partial charge in [0, 0.05) is 14.7 Å². The van der Waals surface area contributed by atoms with Crippen LogP contribution in [-0.4, -0.2) is 21.5 Å². The van der Waals surface area contributed by atoms with Crippen molar-refractivity contribution in [3.05, 3.63) is 29.3 Å². The van der Waals surface area contributed by atoms with Gasteiger partial charge in [0.2, 0.25) is 11.8 Å². The third-order valence-electron chi connectivity index (χ3n) is 4.00. The van der Waals surface area contributed by atoms with E-state index in [1.54, 1.807) is 24.3 Å². The number of benzene rings is 1. The summed E-state index contributed by atoms with van der Waals surface area (Å²) < 4.78 is 0. The van der Waals surface area contributed by atoms with Gasteiger partial charge in [0.25, 0.3) is 0 Å². The van der Waals surface area contributed by atoms with Gasteiger partial charge in [-0.2, -0.15) is 0 Å². The van der Waals surface area contributed by atoms with Gasteiger partial charge in [0.05, 0.1) is 17.5 Å². The number of fused-ring (bicyclic) bond motifs is 1. The number of imide groups is 1. The molecule has 2 amide bonds. The highest BCUT2D eigenvalue weighted by Gasteiger charge is 2.52.